The van der Waals surface area contributed by atoms with Crippen molar-refractivity contribution in [2.75, 3.05) is 31.1 Å². The van der Waals surface area contributed by atoms with Crippen molar-refractivity contribution < 1.29 is 4.79 Å². The fourth-order valence-electron chi connectivity index (χ4n) is 2.79. The SMILES string of the molecule is Cn1cc(C(=O)N2CCN(c3cc(-n4ccnc4)ncn3)CC2)nn1. The maximum absolute atomic E-state index is 12.4. The fraction of sp³-hybridized carbons (Fsp3) is 0.333. The lowest BCUT2D eigenvalue weighted by atomic mass is 10.3. The molecule has 10 nitrogen and oxygen atoms in total. The van der Waals surface area contributed by atoms with Crippen molar-refractivity contribution in [2.24, 2.45) is 7.05 Å². The third-order valence-electron chi connectivity index (χ3n) is 4.12. The fourth-order valence-corrected chi connectivity index (χ4v) is 2.79. The van der Waals surface area contributed by atoms with Crippen LogP contribution in [0.5, 0.6) is 0 Å². The van der Waals surface area contributed by atoms with Crippen LogP contribution in [0.3, 0.4) is 0 Å². The number of hydrogen-bond donors (Lipinski definition) is 0. The van der Waals surface area contributed by atoms with E-state index in [-0.39, 0.29) is 5.91 Å². The highest BCUT2D eigenvalue weighted by molar-refractivity contribution is 5.92. The van der Waals surface area contributed by atoms with Gasteiger partial charge in [-0.2, -0.15) is 0 Å². The van der Waals surface area contributed by atoms with Gasteiger partial charge in [-0.1, -0.05) is 5.21 Å². The van der Waals surface area contributed by atoms with Crippen LogP contribution in [0.4, 0.5) is 5.82 Å². The van der Waals surface area contributed by atoms with E-state index >= 15 is 0 Å². The van der Waals surface area contributed by atoms with Gasteiger partial charge >= 0.3 is 0 Å². The van der Waals surface area contributed by atoms with Crippen LogP contribution in [0.25, 0.3) is 5.82 Å². The summed E-state index contributed by atoms with van der Waals surface area (Å²) in [6, 6.07) is 1.92. The molecule has 3 aromatic rings. The normalized spacial score (nSPS) is 14.8. The van der Waals surface area contributed by atoms with E-state index < -0.39 is 0 Å². The van der Waals surface area contributed by atoms with Gasteiger partial charge in [-0.25, -0.2) is 15.0 Å². The second-order valence-electron chi connectivity index (χ2n) is 5.76. The molecule has 4 rings (SSSR count). The Morgan fingerprint density at radius 3 is 2.60 bits per heavy atom. The summed E-state index contributed by atoms with van der Waals surface area (Å²) >= 11 is 0. The molecule has 0 aromatic carbocycles. The molecule has 0 N–H and O–H groups in total. The van der Waals surface area contributed by atoms with Crippen LogP contribution in [-0.2, 0) is 7.05 Å². The number of amides is 1. The van der Waals surface area contributed by atoms with Gasteiger partial charge in [-0.3, -0.25) is 14.0 Å². The smallest absolute Gasteiger partial charge is 0.276 e. The first-order chi connectivity index (χ1) is 12.2. The van der Waals surface area contributed by atoms with E-state index in [1.165, 1.54) is 4.68 Å². The Balaban J connectivity index is 1.44. The molecular formula is C15H17N9O. The largest absolute Gasteiger partial charge is 0.353 e. The van der Waals surface area contributed by atoms with E-state index in [0.29, 0.717) is 31.9 Å². The second kappa shape index (κ2) is 6.30. The zero-order chi connectivity index (χ0) is 17.2. The molecule has 0 atom stereocenters. The van der Waals surface area contributed by atoms with E-state index in [1.54, 1.807) is 37.0 Å². The zero-order valence-corrected chi connectivity index (χ0v) is 13.7. The number of piperazine rings is 1. The van der Waals surface area contributed by atoms with Gasteiger partial charge in [0.05, 0.1) is 6.20 Å². The standard InChI is InChI=1S/C15H17N9O/c1-21-9-12(19-20-21)15(25)23-6-4-22(5-7-23)13-8-14(18-10-17-13)24-3-2-16-11-24/h2-3,8-11H,4-7H2,1H3. The molecular weight excluding hydrogens is 322 g/mol. The minimum Gasteiger partial charge on any atom is -0.353 e. The number of hydrogen-bond acceptors (Lipinski definition) is 7. The van der Waals surface area contributed by atoms with Crippen molar-refractivity contribution >= 4 is 11.7 Å². The van der Waals surface area contributed by atoms with Crippen molar-refractivity contribution in [3.63, 3.8) is 0 Å². The van der Waals surface area contributed by atoms with E-state index in [2.05, 4.69) is 30.2 Å². The van der Waals surface area contributed by atoms with Crippen molar-refractivity contribution in [1.29, 1.82) is 0 Å². The number of rotatable bonds is 3. The summed E-state index contributed by atoms with van der Waals surface area (Å²) in [7, 11) is 1.74. The Hall–Kier alpha value is -3.30. The lowest BCUT2D eigenvalue weighted by Gasteiger charge is -2.35. The third-order valence-corrected chi connectivity index (χ3v) is 4.12. The molecule has 4 heterocycles. The quantitative estimate of drug-likeness (QED) is 0.649. The maximum Gasteiger partial charge on any atom is 0.276 e. The Morgan fingerprint density at radius 1 is 1.12 bits per heavy atom. The topological polar surface area (TPSA) is 97.9 Å². The molecule has 3 aromatic heterocycles. The van der Waals surface area contributed by atoms with Gasteiger partial charge in [0.1, 0.15) is 24.3 Å². The van der Waals surface area contributed by atoms with Crippen LogP contribution in [0.1, 0.15) is 10.5 Å². The van der Waals surface area contributed by atoms with Crippen LogP contribution < -0.4 is 4.90 Å². The average molecular weight is 339 g/mol. The molecule has 0 saturated carbocycles. The van der Waals surface area contributed by atoms with E-state index in [0.717, 1.165) is 11.6 Å². The molecule has 0 bridgehead atoms. The van der Waals surface area contributed by atoms with Gasteiger partial charge in [0.2, 0.25) is 0 Å². The van der Waals surface area contributed by atoms with Gasteiger partial charge < -0.3 is 9.80 Å². The monoisotopic (exact) mass is 339 g/mol. The number of aryl methyl sites for hydroxylation is 1. The van der Waals surface area contributed by atoms with Crippen molar-refractivity contribution in [1.82, 2.24) is 39.4 Å². The highest BCUT2D eigenvalue weighted by Crippen LogP contribution is 2.16. The van der Waals surface area contributed by atoms with Crippen molar-refractivity contribution in [3.05, 3.63) is 43.0 Å². The molecule has 1 saturated heterocycles. The molecule has 10 heteroatoms. The predicted molar refractivity (Wildman–Crippen MR) is 88.3 cm³/mol. The molecule has 25 heavy (non-hydrogen) atoms. The summed E-state index contributed by atoms with van der Waals surface area (Å²) in [5.41, 5.74) is 0.375. The number of anilines is 1. The van der Waals surface area contributed by atoms with Gasteiger partial charge in [0, 0.05) is 51.7 Å². The second-order valence-corrected chi connectivity index (χ2v) is 5.76. The predicted octanol–water partition coefficient (Wildman–Crippen LogP) is -0.247. The molecule has 0 radical (unpaired) electrons. The summed E-state index contributed by atoms with van der Waals surface area (Å²) in [6.45, 7) is 2.62. The number of aromatic nitrogens is 7. The minimum absolute atomic E-state index is 0.0884. The summed E-state index contributed by atoms with van der Waals surface area (Å²) in [6.07, 6.45) is 8.42. The maximum atomic E-state index is 12.4. The summed E-state index contributed by atoms with van der Waals surface area (Å²) < 4.78 is 3.36. The van der Waals surface area contributed by atoms with Crippen LogP contribution in [-0.4, -0.2) is 71.5 Å². The Morgan fingerprint density at radius 2 is 1.92 bits per heavy atom. The zero-order valence-electron chi connectivity index (χ0n) is 13.7. The first-order valence-corrected chi connectivity index (χ1v) is 7.91. The first-order valence-electron chi connectivity index (χ1n) is 7.91. The van der Waals surface area contributed by atoms with Crippen LogP contribution >= 0.6 is 0 Å². The first kappa shape index (κ1) is 15.2. The van der Waals surface area contributed by atoms with E-state index in [1.807, 2.05) is 16.8 Å². The van der Waals surface area contributed by atoms with Gasteiger partial charge in [0.15, 0.2) is 5.69 Å². The molecule has 1 aliphatic rings. The van der Waals surface area contributed by atoms with Gasteiger partial charge in [-0.05, 0) is 0 Å². The van der Waals surface area contributed by atoms with Gasteiger partial charge in [0.25, 0.3) is 5.91 Å². The molecule has 0 aliphatic carbocycles. The summed E-state index contributed by atoms with van der Waals surface area (Å²) in [5.74, 6) is 1.51. The lowest BCUT2D eigenvalue weighted by molar-refractivity contribution is 0.0740. The Bertz CT molecular complexity index is 865. The number of carbonyl (C=O) groups excluding carboxylic acids is 1. The number of nitrogens with zero attached hydrogens (tertiary/aromatic N) is 9. The molecule has 1 amide bonds. The van der Waals surface area contributed by atoms with Crippen LogP contribution in [0.15, 0.2) is 37.3 Å². The lowest BCUT2D eigenvalue weighted by Crippen LogP contribution is -2.49. The molecule has 0 unspecified atom stereocenters. The highest BCUT2D eigenvalue weighted by Gasteiger charge is 2.24. The number of imidazole rings is 1. The Labute approximate surface area is 143 Å². The summed E-state index contributed by atoms with van der Waals surface area (Å²) in [4.78, 5) is 29.0. The molecule has 0 spiro atoms. The minimum atomic E-state index is -0.0884. The van der Waals surface area contributed by atoms with E-state index in [4.69, 9.17) is 0 Å². The van der Waals surface area contributed by atoms with Crippen molar-refractivity contribution in [3.8, 4) is 5.82 Å². The molecule has 128 valence electrons. The average Bonchev–Trinajstić information content (AvgIpc) is 3.33. The van der Waals surface area contributed by atoms with Gasteiger partial charge in [-0.15, -0.1) is 5.10 Å². The molecule has 1 aliphatic heterocycles. The summed E-state index contributed by atoms with van der Waals surface area (Å²) in [5, 5.41) is 7.70. The number of carbonyl (C=O) groups is 1. The van der Waals surface area contributed by atoms with Crippen LogP contribution in [0.2, 0.25) is 0 Å². The van der Waals surface area contributed by atoms with Crippen molar-refractivity contribution in [2.45, 2.75) is 0 Å². The van der Waals surface area contributed by atoms with Crippen LogP contribution in [0, 0.1) is 0 Å². The highest BCUT2D eigenvalue weighted by atomic mass is 16.2. The molecule has 1 fully saturated rings. The van der Waals surface area contributed by atoms with E-state index in [9.17, 15) is 4.79 Å². The third kappa shape index (κ3) is 3.05. The Kier molecular flexibility index (Phi) is 3.84.